The van der Waals surface area contributed by atoms with Crippen LogP contribution in [0.15, 0.2) is 22.9 Å². The highest BCUT2D eigenvalue weighted by Gasteiger charge is 2.32. The minimum Gasteiger partial charge on any atom is -0.382 e. The summed E-state index contributed by atoms with van der Waals surface area (Å²) in [5.74, 6) is 0. The average Bonchev–Trinajstić information content (AvgIpc) is 2.14. The van der Waals surface area contributed by atoms with E-state index in [0.717, 1.165) is 29.5 Å². The second-order valence-corrected chi connectivity index (χ2v) is 4.78. The van der Waals surface area contributed by atoms with Crippen molar-refractivity contribution in [3.05, 3.63) is 22.9 Å². The molecule has 3 N–H and O–H groups in total. The highest BCUT2D eigenvalue weighted by atomic mass is 79.9. The zero-order chi connectivity index (χ0) is 10.0. The summed E-state index contributed by atoms with van der Waals surface area (Å²) in [6, 6.07) is 1.95. The predicted molar refractivity (Wildman–Crippen MR) is 61.2 cm³/mol. The van der Waals surface area contributed by atoms with E-state index in [1.165, 1.54) is 6.42 Å². The van der Waals surface area contributed by atoms with E-state index in [-0.39, 0.29) is 5.54 Å². The Kier molecular flexibility index (Phi) is 2.74. The number of hydrogen-bond acceptors (Lipinski definition) is 3. The molecule has 0 atom stereocenters. The summed E-state index contributed by atoms with van der Waals surface area (Å²) >= 11 is 3.44. The summed E-state index contributed by atoms with van der Waals surface area (Å²) in [6.45, 7) is 0.843. The molecule has 1 aliphatic rings. The van der Waals surface area contributed by atoms with Gasteiger partial charge in [-0.2, -0.15) is 0 Å². The summed E-state index contributed by atoms with van der Waals surface area (Å²) in [5.41, 5.74) is 7.19. The molecule has 0 spiro atoms. The first-order chi connectivity index (χ1) is 6.70. The molecule has 1 fully saturated rings. The van der Waals surface area contributed by atoms with Crippen molar-refractivity contribution in [2.75, 3.05) is 11.9 Å². The van der Waals surface area contributed by atoms with Crippen molar-refractivity contribution in [2.24, 2.45) is 5.73 Å². The van der Waals surface area contributed by atoms with Crippen LogP contribution in [-0.2, 0) is 0 Å². The van der Waals surface area contributed by atoms with Gasteiger partial charge < -0.3 is 11.1 Å². The highest BCUT2D eigenvalue weighted by Crippen LogP contribution is 2.30. The third-order valence-corrected chi connectivity index (χ3v) is 3.38. The van der Waals surface area contributed by atoms with Crippen molar-refractivity contribution in [2.45, 2.75) is 24.8 Å². The molecule has 0 aliphatic heterocycles. The third-order valence-electron chi connectivity index (χ3n) is 2.75. The Morgan fingerprint density at radius 3 is 2.93 bits per heavy atom. The first-order valence-electron chi connectivity index (χ1n) is 4.82. The molecule has 4 heteroatoms. The van der Waals surface area contributed by atoms with Gasteiger partial charge in [0.05, 0.1) is 10.2 Å². The number of anilines is 1. The number of nitrogens with one attached hydrogen (secondary N) is 1. The Hall–Kier alpha value is -0.610. The molecule has 0 bridgehead atoms. The number of hydrogen-bond donors (Lipinski definition) is 2. The van der Waals surface area contributed by atoms with Gasteiger partial charge in [0.25, 0.3) is 0 Å². The van der Waals surface area contributed by atoms with E-state index in [9.17, 15) is 0 Å². The number of pyridine rings is 1. The Morgan fingerprint density at radius 1 is 1.57 bits per heavy atom. The Balaban J connectivity index is 1.95. The van der Waals surface area contributed by atoms with Gasteiger partial charge in [-0.15, -0.1) is 0 Å². The molecular formula is C10H14BrN3. The molecule has 1 aromatic heterocycles. The SMILES string of the molecule is NC1(CNc2ccncc2Br)CCC1. The third kappa shape index (κ3) is 2.07. The molecule has 14 heavy (non-hydrogen) atoms. The maximum absolute atomic E-state index is 6.11. The van der Waals surface area contributed by atoms with Crippen LogP contribution in [-0.4, -0.2) is 17.1 Å². The molecule has 76 valence electrons. The van der Waals surface area contributed by atoms with Crippen LogP contribution in [0.25, 0.3) is 0 Å². The van der Waals surface area contributed by atoms with Crippen LogP contribution in [0.1, 0.15) is 19.3 Å². The standard InChI is InChI=1S/C10H14BrN3/c11-8-6-13-5-2-9(8)14-7-10(12)3-1-4-10/h2,5-6H,1,3-4,7,12H2,(H,13,14). The van der Waals surface area contributed by atoms with Crippen LogP contribution >= 0.6 is 15.9 Å². The molecule has 1 saturated carbocycles. The highest BCUT2D eigenvalue weighted by molar-refractivity contribution is 9.10. The van der Waals surface area contributed by atoms with Gasteiger partial charge in [0.15, 0.2) is 0 Å². The molecule has 0 aromatic carbocycles. The predicted octanol–water partition coefficient (Wildman–Crippen LogP) is 2.14. The van der Waals surface area contributed by atoms with Crippen LogP contribution in [0, 0.1) is 0 Å². The van der Waals surface area contributed by atoms with Crippen LogP contribution in [0.5, 0.6) is 0 Å². The molecule has 0 radical (unpaired) electrons. The number of rotatable bonds is 3. The van der Waals surface area contributed by atoms with Crippen molar-refractivity contribution >= 4 is 21.6 Å². The number of nitrogens with two attached hydrogens (primary N) is 1. The van der Waals surface area contributed by atoms with Gasteiger partial charge in [0.2, 0.25) is 0 Å². The number of nitrogens with zero attached hydrogens (tertiary/aromatic N) is 1. The zero-order valence-corrected chi connectivity index (χ0v) is 9.55. The summed E-state index contributed by atoms with van der Waals surface area (Å²) in [7, 11) is 0. The zero-order valence-electron chi connectivity index (χ0n) is 7.96. The van der Waals surface area contributed by atoms with Gasteiger partial charge in [-0.05, 0) is 41.3 Å². The lowest BCUT2D eigenvalue weighted by atomic mass is 9.78. The first kappa shape index (κ1) is 9.93. The van der Waals surface area contributed by atoms with Crippen LogP contribution in [0.3, 0.4) is 0 Å². The van der Waals surface area contributed by atoms with E-state index in [4.69, 9.17) is 5.73 Å². The quantitative estimate of drug-likeness (QED) is 0.871. The van der Waals surface area contributed by atoms with Gasteiger partial charge in [-0.3, -0.25) is 4.98 Å². The van der Waals surface area contributed by atoms with E-state index in [2.05, 4.69) is 26.2 Å². The lowest BCUT2D eigenvalue weighted by molar-refractivity contribution is 0.265. The topological polar surface area (TPSA) is 50.9 Å². The minimum atomic E-state index is 0.0166. The van der Waals surface area contributed by atoms with Crippen LogP contribution in [0.4, 0.5) is 5.69 Å². The van der Waals surface area contributed by atoms with Crippen molar-refractivity contribution in [3.8, 4) is 0 Å². The molecule has 3 nitrogen and oxygen atoms in total. The van der Waals surface area contributed by atoms with Crippen molar-refractivity contribution < 1.29 is 0 Å². The molecule has 1 aliphatic carbocycles. The largest absolute Gasteiger partial charge is 0.382 e. The number of halogens is 1. The van der Waals surface area contributed by atoms with Crippen LogP contribution in [0.2, 0.25) is 0 Å². The second kappa shape index (κ2) is 3.87. The van der Waals surface area contributed by atoms with E-state index in [1.54, 1.807) is 12.4 Å². The van der Waals surface area contributed by atoms with Gasteiger partial charge in [0.1, 0.15) is 0 Å². The second-order valence-electron chi connectivity index (χ2n) is 3.93. The Labute approximate surface area is 92.2 Å². The molecular weight excluding hydrogens is 242 g/mol. The summed E-state index contributed by atoms with van der Waals surface area (Å²) in [6.07, 6.45) is 7.07. The molecule has 0 saturated heterocycles. The Morgan fingerprint density at radius 2 is 2.36 bits per heavy atom. The van der Waals surface area contributed by atoms with Crippen molar-refractivity contribution in [1.29, 1.82) is 0 Å². The van der Waals surface area contributed by atoms with Gasteiger partial charge in [-0.1, -0.05) is 0 Å². The van der Waals surface area contributed by atoms with Crippen molar-refractivity contribution in [1.82, 2.24) is 4.98 Å². The maximum Gasteiger partial charge on any atom is 0.0590 e. The first-order valence-corrected chi connectivity index (χ1v) is 5.61. The van der Waals surface area contributed by atoms with Gasteiger partial charge >= 0.3 is 0 Å². The fraction of sp³-hybridized carbons (Fsp3) is 0.500. The van der Waals surface area contributed by atoms with Crippen molar-refractivity contribution in [3.63, 3.8) is 0 Å². The van der Waals surface area contributed by atoms with E-state index >= 15 is 0 Å². The van der Waals surface area contributed by atoms with E-state index in [0.29, 0.717) is 0 Å². The molecule has 1 heterocycles. The molecule has 2 rings (SSSR count). The summed E-state index contributed by atoms with van der Waals surface area (Å²) < 4.78 is 0.989. The fourth-order valence-electron chi connectivity index (χ4n) is 1.60. The van der Waals surface area contributed by atoms with E-state index in [1.807, 2.05) is 6.07 Å². The molecule has 1 aromatic rings. The maximum atomic E-state index is 6.11. The average molecular weight is 256 g/mol. The fourth-order valence-corrected chi connectivity index (χ4v) is 1.99. The Bertz CT molecular complexity index is 323. The smallest absolute Gasteiger partial charge is 0.0590 e. The van der Waals surface area contributed by atoms with Gasteiger partial charge in [-0.25, -0.2) is 0 Å². The summed E-state index contributed by atoms with van der Waals surface area (Å²) in [4.78, 5) is 4.01. The van der Waals surface area contributed by atoms with Crippen LogP contribution < -0.4 is 11.1 Å². The minimum absolute atomic E-state index is 0.0166. The monoisotopic (exact) mass is 255 g/mol. The summed E-state index contributed by atoms with van der Waals surface area (Å²) in [5, 5.41) is 3.34. The molecule has 0 amide bonds. The lowest BCUT2D eigenvalue weighted by Gasteiger charge is -2.38. The number of aromatic nitrogens is 1. The lowest BCUT2D eigenvalue weighted by Crippen LogP contribution is -2.51. The normalized spacial score (nSPS) is 18.7. The van der Waals surface area contributed by atoms with E-state index < -0.39 is 0 Å². The molecule has 0 unspecified atom stereocenters. The van der Waals surface area contributed by atoms with Gasteiger partial charge in [0, 0.05) is 24.5 Å².